The summed E-state index contributed by atoms with van der Waals surface area (Å²) in [6.45, 7) is 1.22. The van der Waals surface area contributed by atoms with Crippen LogP contribution in [0.4, 0.5) is 18.9 Å². The van der Waals surface area contributed by atoms with Crippen LogP contribution in [0.2, 0.25) is 0 Å². The highest BCUT2D eigenvalue weighted by molar-refractivity contribution is 7.92. The Morgan fingerprint density at radius 2 is 1.37 bits per heavy atom. The molecule has 0 saturated carbocycles. The Bertz CT molecular complexity index is 1910. The maximum absolute atomic E-state index is 13.9. The number of carbonyl (C=O) groups excluding carboxylic acids is 2. The molecule has 4 aromatic rings. The van der Waals surface area contributed by atoms with Crippen LogP contribution in [0.5, 0.6) is 11.5 Å². The average molecular weight is 744 g/mol. The van der Waals surface area contributed by atoms with E-state index in [-0.39, 0.29) is 35.6 Å². The molecule has 0 fully saturated rings. The van der Waals surface area contributed by atoms with Gasteiger partial charge in [-0.05, 0) is 55.0 Å². The van der Waals surface area contributed by atoms with Crippen molar-refractivity contribution in [1.82, 2.24) is 10.6 Å². The van der Waals surface area contributed by atoms with Crippen molar-refractivity contribution in [2.24, 2.45) is 0 Å². The zero-order valence-corrected chi connectivity index (χ0v) is 29.7. The number of anilines is 1. The Hall–Kier alpha value is -5.12. The van der Waals surface area contributed by atoms with Gasteiger partial charge in [0.1, 0.15) is 42.2 Å². The molecular formula is C37H40F3N3O8S. The van der Waals surface area contributed by atoms with Crippen LogP contribution in [0, 0.1) is 17.5 Å². The van der Waals surface area contributed by atoms with Crippen molar-refractivity contribution in [2.75, 3.05) is 37.9 Å². The molecular weight excluding hydrogens is 703 g/mol. The van der Waals surface area contributed by atoms with Gasteiger partial charge in [-0.2, -0.15) is 0 Å². The lowest BCUT2D eigenvalue weighted by Gasteiger charge is -2.27. The van der Waals surface area contributed by atoms with Crippen LogP contribution in [0.25, 0.3) is 0 Å². The Balaban J connectivity index is 1.60. The number of halogens is 3. The van der Waals surface area contributed by atoms with Crippen molar-refractivity contribution in [3.05, 3.63) is 125 Å². The van der Waals surface area contributed by atoms with Crippen LogP contribution >= 0.6 is 0 Å². The predicted octanol–water partition coefficient (Wildman–Crippen LogP) is 5.01. The van der Waals surface area contributed by atoms with Gasteiger partial charge >= 0.3 is 0 Å². The highest BCUT2D eigenvalue weighted by Crippen LogP contribution is 2.23. The van der Waals surface area contributed by atoms with Crippen molar-refractivity contribution < 1.29 is 50.5 Å². The maximum atomic E-state index is 13.9. The molecule has 0 radical (unpaired) electrons. The number of sulfonamides is 1. The van der Waals surface area contributed by atoms with Gasteiger partial charge in [-0.15, -0.1) is 0 Å². The molecule has 2 amide bonds. The first-order chi connectivity index (χ1) is 24.6. The summed E-state index contributed by atoms with van der Waals surface area (Å²) in [5, 5.41) is 16.8. The summed E-state index contributed by atoms with van der Waals surface area (Å²) in [6.07, 6.45) is -1.33. The average Bonchev–Trinajstić information content (AvgIpc) is 3.11. The molecule has 0 aliphatic heterocycles. The monoisotopic (exact) mass is 743 g/mol. The van der Waals surface area contributed by atoms with Gasteiger partial charge in [0, 0.05) is 49.9 Å². The van der Waals surface area contributed by atoms with E-state index in [9.17, 15) is 36.3 Å². The molecule has 1 unspecified atom stereocenters. The second kappa shape index (κ2) is 17.9. The molecule has 4 atom stereocenters. The van der Waals surface area contributed by atoms with Crippen LogP contribution in [-0.4, -0.2) is 77.2 Å². The number of hydrogen-bond acceptors (Lipinski definition) is 8. The summed E-state index contributed by atoms with van der Waals surface area (Å²) in [5.74, 6) is -3.56. The molecule has 0 bridgehead atoms. The van der Waals surface area contributed by atoms with Crippen LogP contribution in [0.15, 0.2) is 91.0 Å². The largest absolute Gasteiger partial charge is 0.491 e. The van der Waals surface area contributed by atoms with Crippen molar-refractivity contribution in [1.29, 1.82) is 0 Å². The van der Waals surface area contributed by atoms with Gasteiger partial charge in [0.15, 0.2) is 0 Å². The topological polar surface area (TPSA) is 144 Å². The summed E-state index contributed by atoms with van der Waals surface area (Å²) >= 11 is 0. The van der Waals surface area contributed by atoms with Crippen LogP contribution < -0.4 is 24.4 Å². The third kappa shape index (κ3) is 11.4. The highest BCUT2D eigenvalue weighted by atomic mass is 32.2. The Kier molecular flexibility index (Phi) is 13.6. The SMILES string of the molecule is CO[C@@H](COc1ccc(F)cc1)CC(O)[C@H](COc1cc(F)cc(F)c1)NC(=O)c1cc(C(=O)N[C@H](C)c2ccccc2)cc(N(C)S(C)(=O)=O)c1. The summed E-state index contributed by atoms with van der Waals surface area (Å²) in [4.78, 5) is 27.3. The molecule has 0 spiro atoms. The molecule has 278 valence electrons. The lowest BCUT2D eigenvalue weighted by atomic mass is 10.0. The summed E-state index contributed by atoms with van der Waals surface area (Å²) in [7, 11) is -1.19. The number of benzene rings is 4. The fourth-order valence-electron chi connectivity index (χ4n) is 5.04. The van der Waals surface area contributed by atoms with Crippen LogP contribution in [-0.2, 0) is 14.8 Å². The molecule has 11 nitrogen and oxygen atoms in total. The maximum Gasteiger partial charge on any atom is 0.251 e. The Morgan fingerprint density at radius 1 is 0.788 bits per heavy atom. The van der Waals surface area contributed by atoms with Crippen molar-refractivity contribution in [3.63, 3.8) is 0 Å². The minimum absolute atomic E-state index is 0.00800. The number of nitrogens with one attached hydrogen (secondary N) is 2. The van der Waals surface area contributed by atoms with Gasteiger partial charge < -0.3 is 30.0 Å². The molecule has 0 aliphatic carbocycles. The molecule has 0 heterocycles. The molecule has 0 aliphatic rings. The van der Waals surface area contributed by atoms with E-state index in [0.717, 1.165) is 28.3 Å². The van der Waals surface area contributed by atoms with Gasteiger partial charge in [-0.3, -0.25) is 13.9 Å². The van der Waals surface area contributed by atoms with Gasteiger partial charge in [0.2, 0.25) is 10.0 Å². The second-order valence-corrected chi connectivity index (χ2v) is 14.0. The highest BCUT2D eigenvalue weighted by Gasteiger charge is 2.28. The molecule has 3 N–H and O–H groups in total. The van der Waals surface area contributed by atoms with E-state index in [1.54, 1.807) is 6.92 Å². The molecule has 4 rings (SSSR count). The lowest BCUT2D eigenvalue weighted by Crippen LogP contribution is -2.49. The Morgan fingerprint density at radius 3 is 1.94 bits per heavy atom. The number of ether oxygens (including phenoxy) is 3. The van der Waals surface area contributed by atoms with Crippen LogP contribution in [0.3, 0.4) is 0 Å². The third-order valence-corrected chi connectivity index (χ3v) is 9.29. The van der Waals surface area contributed by atoms with E-state index in [1.165, 1.54) is 56.6 Å². The van der Waals surface area contributed by atoms with Crippen molar-refractivity contribution in [2.45, 2.75) is 37.6 Å². The van der Waals surface area contributed by atoms with E-state index in [1.807, 2.05) is 30.3 Å². The summed E-state index contributed by atoms with van der Waals surface area (Å²) in [6, 6.07) is 19.0. The number of amides is 2. The number of aliphatic hydroxyl groups excluding tert-OH is 1. The minimum atomic E-state index is -3.83. The number of aliphatic hydroxyl groups is 1. The minimum Gasteiger partial charge on any atom is -0.491 e. The van der Waals surface area contributed by atoms with E-state index in [4.69, 9.17) is 14.2 Å². The zero-order valence-electron chi connectivity index (χ0n) is 28.9. The van der Waals surface area contributed by atoms with E-state index in [2.05, 4.69) is 10.6 Å². The molecule has 0 saturated heterocycles. The van der Waals surface area contributed by atoms with Gasteiger partial charge in [0.05, 0.1) is 36.2 Å². The lowest BCUT2D eigenvalue weighted by molar-refractivity contribution is 0.0000720. The number of methoxy groups -OCH3 is 1. The fourth-order valence-corrected chi connectivity index (χ4v) is 5.52. The normalized spacial score (nSPS) is 13.7. The van der Waals surface area contributed by atoms with E-state index in [0.29, 0.717) is 11.8 Å². The van der Waals surface area contributed by atoms with E-state index >= 15 is 0 Å². The number of carbonyl (C=O) groups is 2. The summed E-state index contributed by atoms with van der Waals surface area (Å²) < 4.78 is 83.7. The van der Waals surface area contributed by atoms with Gasteiger partial charge in [0.25, 0.3) is 11.8 Å². The first-order valence-electron chi connectivity index (χ1n) is 16.1. The molecule has 4 aromatic carbocycles. The molecule has 0 aromatic heterocycles. The van der Waals surface area contributed by atoms with Gasteiger partial charge in [-0.25, -0.2) is 21.6 Å². The first-order valence-corrected chi connectivity index (χ1v) is 17.9. The smallest absolute Gasteiger partial charge is 0.251 e. The van der Waals surface area contributed by atoms with Crippen molar-refractivity contribution in [3.8, 4) is 11.5 Å². The third-order valence-electron chi connectivity index (χ3n) is 8.08. The zero-order chi connectivity index (χ0) is 38.0. The predicted molar refractivity (Wildman–Crippen MR) is 188 cm³/mol. The summed E-state index contributed by atoms with van der Waals surface area (Å²) in [5.41, 5.74) is 0.656. The van der Waals surface area contributed by atoms with Crippen LogP contribution in [0.1, 0.15) is 45.7 Å². The fraction of sp³-hybridized carbons (Fsp3) is 0.297. The first kappa shape index (κ1) is 39.7. The van der Waals surface area contributed by atoms with E-state index < -0.39 is 70.2 Å². The Labute approximate surface area is 300 Å². The second-order valence-electron chi connectivity index (χ2n) is 12.0. The van der Waals surface area contributed by atoms with Gasteiger partial charge in [-0.1, -0.05) is 30.3 Å². The number of rotatable bonds is 17. The van der Waals surface area contributed by atoms with Crippen molar-refractivity contribution >= 4 is 27.5 Å². The molecule has 52 heavy (non-hydrogen) atoms. The quantitative estimate of drug-likeness (QED) is 0.137. The standard InChI is InChI=1S/C37H40F3N3O8S/c1-23(24-8-6-5-7-9-24)41-36(45)25-14-26(16-30(15-25)43(2)52(4,47)48)37(46)42-34(22-51-32-18-28(39)17-29(40)19-32)35(44)20-33(49-3)21-50-31-12-10-27(38)11-13-31/h5-19,23,33-35,44H,20-22H2,1-4H3,(H,41,45)(H,42,46)/t23-,33-,34+,35?/m1/s1. The molecule has 15 heteroatoms. The number of nitrogens with zero attached hydrogens (tertiary/aromatic N) is 1. The number of hydrogen-bond donors (Lipinski definition) is 3.